The zero-order valence-corrected chi connectivity index (χ0v) is 9.91. The standard InChI is InChI=1S/C13H11NO5/c15-12(13(16)17)9-6-5-8(7-9)10-3-1-2-4-11(10)14(18)19/h1-4,6,8H,5,7H2,(H,16,17). The van der Waals surface area contributed by atoms with Crippen molar-refractivity contribution in [1.29, 1.82) is 0 Å². The van der Waals surface area contributed by atoms with Crippen LogP contribution < -0.4 is 0 Å². The minimum Gasteiger partial charge on any atom is -0.475 e. The Hall–Kier alpha value is -2.50. The zero-order chi connectivity index (χ0) is 14.0. The van der Waals surface area contributed by atoms with Crippen LogP contribution in [0.15, 0.2) is 35.9 Å². The molecule has 0 aromatic heterocycles. The number of nitrogens with zero attached hydrogens (tertiary/aromatic N) is 1. The minimum absolute atomic E-state index is 0.00456. The number of benzene rings is 1. The Labute approximate surface area is 108 Å². The van der Waals surface area contributed by atoms with Crippen molar-refractivity contribution >= 4 is 17.4 Å². The predicted molar refractivity (Wildman–Crippen MR) is 65.8 cm³/mol. The summed E-state index contributed by atoms with van der Waals surface area (Å²) in [5.41, 5.74) is 0.762. The molecule has 1 aromatic carbocycles. The van der Waals surface area contributed by atoms with E-state index >= 15 is 0 Å². The molecular weight excluding hydrogens is 250 g/mol. The summed E-state index contributed by atoms with van der Waals surface area (Å²) in [7, 11) is 0. The van der Waals surface area contributed by atoms with Crippen LogP contribution >= 0.6 is 0 Å². The van der Waals surface area contributed by atoms with Crippen molar-refractivity contribution in [2.45, 2.75) is 18.8 Å². The summed E-state index contributed by atoms with van der Waals surface area (Å²) in [6, 6.07) is 6.32. The van der Waals surface area contributed by atoms with Gasteiger partial charge in [0, 0.05) is 17.2 Å². The molecule has 0 amide bonds. The van der Waals surface area contributed by atoms with Crippen molar-refractivity contribution in [1.82, 2.24) is 0 Å². The molecule has 19 heavy (non-hydrogen) atoms. The average molecular weight is 261 g/mol. The molecule has 1 atom stereocenters. The average Bonchev–Trinajstić information content (AvgIpc) is 2.87. The maximum absolute atomic E-state index is 11.3. The lowest BCUT2D eigenvalue weighted by molar-refractivity contribution is -0.385. The van der Waals surface area contributed by atoms with Crippen LogP contribution in [0.1, 0.15) is 24.3 Å². The lowest BCUT2D eigenvalue weighted by atomic mass is 9.93. The number of nitro groups is 1. The largest absolute Gasteiger partial charge is 0.475 e. The van der Waals surface area contributed by atoms with Crippen LogP contribution in [0, 0.1) is 10.1 Å². The van der Waals surface area contributed by atoms with E-state index in [-0.39, 0.29) is 23.6 Å². The summed E-state index contributed by atoms with van der Waals surface area (Å²) in [6.07, 6.45) is 2.23. The first-order valence-corrected chi connectivity index (χ1v) is 5.70. The molecule has 2 rings (SSSR count). The van der Waals surface area contributed by atoms with Crippen LogP contribution in [0.2, 0.25) is 0 Å². The van der Waals surface area contributed by atoms with Gasteiger partial charge in [-0.15, -0.1) is 0 Å². The number of allylic oxidation sites excluding steroid dienone is 1. The zero-order valence-electron chi connectivity index (χ0n) is 9.91. The summed E-state index contributed by atoms with van der Waals surface area (Å²) >= 11 is 0. The van der Waals surface area contributed by atoms with Crippen LogP contribution in [0.3, 0.4) is 0 Å². The van der Waals surface area contributed by atoms with Gasteiger partial charge in [-0.1, -0.05) is 24.3 Å². The molecule has 0 radical (unpaired) electrons. The highest BCUT2D eigenvalue weighted by atomic mass is 16.6. The van der Waals surface area contributed by atoms with Crippen molar-refractivity contribution in [3.05, 3.63) is 51.6 Å². The van der Waals surface area contributed by atoms with Gasteiger partial charge in [0.1, 0.15) is 0 Å². The molecule has 0 aliphatic heterocycles. The van der Waals surface area contributed by atoms with Crippen LogP contribution in [0.25, 0.3) is 0 Å². The first kappa shape index (κ1) is 12.9. The third kappa shape index (κ3) is 2.52. The summed E-state index contributed by atoms with van der Waals surface area (Å²) in [4.78, 5) is 32.4. The van der Waals surface area contributed by atoms with Gasteiger partial charge in [-0.3, -0.25) is 14.9 Å². The number of carboxylic acids is 1. The number of para-hydroxylation sites is 1. The molecule has 1 N–H and O–H groups in total. The number of ketones is 1. The SMILES string of the molecule is O=C(O)C(=O)C1=CCC(c2ccccc2[N+](=O)[O-])C1. The summed E-state index contributed by atoms with van der Waals surface area (Å²) in [6.45, 7) is 0. The van der Waals surface area contributed by atoms with Crippen molar-refractivity contribution in [2.24, 2.45) is 0 Å². The molecule has 98 valence electrons. The third-order valence-corrected chi connectivity index (χ3v) is 3.17. The van der Waals surface area contributed by atoms with Gasteiger partial charge in [0.25, 0.3) is 11.5 Å². The second kappa shape index (κ2) is 5.01. The third-order valence-electron chi connectivity index (χ3n) is 3.17. The number of carboxylic acid groups (broad SMARTS) is 1. The van der Waals surface area contributed by atoms with Gasteiger partial charge in [0.2, 0.25) is 0 Å². The van der Waals surface area contributed by atoms with Crippen molar-refractivity contribution < 1.29 is 19.6 Å². The van der Waals surface area contributed by atoms with Gasteiger partial charge >= 0.3 is 5.97 Å². The second-order valence-electron chi connectivity index (χ2n) is 4.32. The normalized spacial score (nSPS) is 17.9. The summed E-state index contributed by atoms with van der Waals surface area (Å²) < 4.78 is 0. The predicted octanol–water partition coefficient (Wildman–Crippen LogP) is 2.05. The molecule has 1 unspecified atom stereocenters. The number of hydrogen-bond acceptors (Lipinski definition) is 4. The molecule has 1 aliphatic rings. The van der Waals surface area contributed by atoms with E-state index in [0.29, 0.717) is 12.0 Å². The Bertz CT molecular complexity index is 590. The summed E-state index contributed by atoms with van der Waals surface area (Å²) in [5.74, 6) is -2.63. The van der Waals surface area contributed by atoms with Gasteiger partial charge in [-0.05, 0) is 18.8 Å². The fourth-order valence-electron chi connectivity index (χ4n) is 2.28. The van der Waals surface area contributed by atoms with Crippen LogP contribution in [0.4, 0.5) is 5.69 Å². The van der Waals surface area contributed by atoms with Crippen LogP contribution in [-0.2, 0) is 9.59 Å². The maximum atomic E-state index is 11.3. The second-order valence-corrected chi connectivity index (χ2v) is 4.32. The lowest BCUT2D eigenvalue weighted by Gasteiger charge is -2.10. The highest BCUT2D eigenvalue weighted by molar-refractivity contribution is 6.39. The number of aliphatic carboxylic acids is 1. The first-order chi connectivity index (χ1) is 9.00. The van der Waals surface area contributed by atoms with Gasteiger partial charge in [-0.2, -0.15) is 0 Å². The van der Waals surface area contributed by atoms with E-state index in [1.165, 1.54) is 6.07 Å². The van der Waals surface area contributed by atoms with E-state index in [4.69, 9.17) is 5.11 Å². The number of rotatable bonds is 4. The topological polar surface area (TPSA) is 97.5 Å². The number of carbonyl (C=O) groups excluding carboxylic acids is 1. The lowest BCUT2D eigenvalue weighted by Crippen LogP contribution is -2.14. The smallest absolute Gasteiger partial charge is 0.376 e. The van der Waals surface area contributed by atoms with Gasteiger partial charge in [0.05, 0.1) is 4.92 Å². The quantitative estimate of drug-likeness (QED) is 0.508. The van der Waals surface area contributed by atoms with Crippen molar-refractivity contribution in [3.63, 3.8) is 0 Å². The number of hydrogen-bond donors (Lipinski definition) is 1. The maximum Gasteiger partial charge on any atom is 0.376 e. The van der Waals surface area contributed by atoms with Gasteiger partial charge in [0.15, 0.2) is 0 Å². The molecular formula is C13H11NO5. The van der Waals surface area contributed by atoms with E-state index in [1.54, 1.807) is 24.3 Å². The number of Topliss-reactive ketones (excluding diaryl/α,β-unsaturated/α-hetero) is 1. The molecule has 1 aliphatic carbocycles. The van der Waals surface area contributed by atoms with E-state index < -0.39 is 16.7 Å². The Morgan fingerprint density at radius 3 is 2.63 bits per heavy atom. The number of carbonyl (C=O) groups is 2. The molecule has 0 spiro atoms. The van der Waals surface area contributed by atoms with E-state index in [2.05, 4.69) is 0 Å². The first-order valence-electron chi connectivity index (χ1n) is 5.70. The van der Waals surface area contributed by atoms with Crippen molar-refractivity contribution in [3.8, 4) is 0 Å². The Kier molecular flexibility index (Phi) is 3.41. The Balaban J connectivity index is 2.22. The highest BCUT2D eigenvalue weighted by Crippen LogP contribution is 2.38. The fourth-order valence-corrected chi connectivity index (χ4v) is 2.28. The molecule has 0 saturated heterocycles. The highest BCUT2D eigenvalue weighted by Gasteiger charge is 2.30. The molecule has 0 heterocycles. The van der Waals surface area contributed by atoms with Crippen LogP contribution in [-0.4, -0.2) is 21.8 Å². The van der Waals surface area contributed by atoms with Gasteiger partial charge in [-0.25, -0.2) is 4.79 Å². The van der Waals surface area contributed by atoms with E-state index in [0.717, 1.165) is 0 Å². The molecule has 0 bridgehead atoms. The van der Waals surface area contributed by atoms with Crippen LogP contribution in [0.5, 0.6) is 0 Å². The van der Waals surface area contributed by atoms with Gasteiger partial charge < -0.3 is 5.11 Å². The molecule has 1 aromatic rings. The molecule has 6 nitrogen and oxygen atoms in total. The van der Waals surface area contributed by atoms with Crippen molar-refractivity contribution in [2.75, 3.05) is 0 Å². The minimum atomic E-state index is -1.49. The fraction of sp³-hybridized carbons (Fsp3) is 0.231. The van der Waals surface area contributed by atoms with E-state index in [1.807, 2.05) is 0 Å². The molecule has 6 heteroatoms. The monoisotopic (exact) mass is 261 g/mol. The summed E-state index contributed by atoms with van der Waals surface area (Å²) in [5, 5.41) is 19.6. The number of nitro benzene ring substituents is 1. The molecule has 0 fully saturated rings. The van der Waals surface area contributed by atoms with E-state index in [9.17, 15) is 19.7 Å². The Morgan fingerprint density at radius 1 is 1.32 bits per heavy atom. The molecule has 0 saturated carbocycles. The Morgan fingerprint density at radius 2 is 2.00 bits per heavy atom.